The van der Waals surface area contributed by atoms with Crippen molar-refractivity contribution in [2.75, 3.05) is 24.8 Å². The normalized spacial score (nSPS) is 11.5. The van der Waals surface area contributed by atoms with Gasteiger partial charge in [-0.3, -0.25) is 13.8 Å². The average Bonchev–Trinajstić information content (AvgIpc) is 2.67. The predicted octanol–water partition coefficient (Wildman–Crippen LogP) is 1.84. The molecule has 0 fully saturated rings. The molecule has 1 amide bonds. The van der Waals surface area contributed by atoms with Crippen molar-refractivity contribution in [3.63, 3.8) is 0 Å². The van der Waals surface area contributed by atoms with Gasteiger partial charge >= 0.3 is 5.97 Å². The number of amides is 1. The number of hydrogen-bond acceptors (Lipinski definition) is 6. The van der Waals surface area contributed by atoms with Crippen molar-refractivity contribution < 1.29 is 23.3 Å². The van der Waals surface area contributed by atoms with Crippen molar-refractivity contribution in [3.8, 4) is 5.75 Å². The van der Waals surface area contributed by atoms with E-state index in [1.165, 1.54) is 25.4 Å². The summed E-state index contributed by atoms with van der Waals surface area (Å²) in [6.07, 6.45) is 2.20. The van der Waals surface area contributed by atoms with E-state index in [0.717, 1.165) is 6.42 Å². The lowest BCUT2D eigenvalue weighted by Gasteiger charge is -2.10. The van der Waals surface area contributed by atoms with Gasteiger partial charge in [0.05, 0.1) is 30.7 Å². The fraction of sp³-hybridized carbons (Fsp3) is 0.316. The molecule has 28 heavy (non-hydrogen) atoms. The standard InChI is InChI=1S/C19H22N2O6S/c1-3-8-27-17-10-20-13(9-16(17)22)11-28(25)12-18(23)21-15-7-5-4-6-14(15)19(24)26-2/h4-7,9-10H,3,8,11-12H2,1-2H3,(H,20,22)(H,21,23). The van der Waals surface area contributed by atoms with Crippen molar-refractivity contribution in [1.82, 2.24) is 4.98 Å². The molecular formula is C19H22N2O6S. The molecule has 1 unspecified atom stereocenters. The van der Waals surface area contributed by atoms with E-state index in [0.29, 0.717) is 12.3 Å². The molecule has 0 saturated heterocycles. The number of hydrogen-bond donors (Lipinski definition) is 2. The third-order valence-corrected chi connectivity index (χ3v) is 4.83. The van der Waals surface area contributed by atoms with Crippen LogP contribution in [0, 0.1) is 0 Å². The number of nitrogens with one attached hydrogen (secondary N) is 2. The molecule has 1 atom stereocenters. The van der Waals surface area contributed by atoms with Crippen LogP contribution in [0.25, 0.3) is 0 Å². The summed E-state index contributed by atoms with van der Waals surface area (Å²) in [4.78, 5) is 38.7. The lowest BCUT2D eigenvalue weighted by molar-refractivity contribution is -0.113. The number of para-hydroxylation sites is 1. The fourth-order valence-electron chi connectivity index (χ4n) is 2.35. The van der Waals surface area contributed by atoms with Gasteiger partial charge in [-0.15, -0.1) is 0 Å². The number of ether oxygens (including phenoxy) is 2. The van der Waals surface area contributed by atoms with Gasteiger partial charge in [0.15, 0.2) is 5.75 Å². The summed E-state index contributed by atoms with van der Waals surface area (Å²) in [6, 6.07) is 7.69. The first-order chi connectivity index (χ1) is 13.4. The summed E-state index contributed by atoms with van der Waals surface area (Å²) in [6.45, 7) is 2.36. The minimum atomic E-state index is -1.55. The fourth-order valence-corrected chi connectivity index (χ4v) is 3.33. The van der Waals surface area contributed by atoms with Gasteiger partial charge in [0.1, 0.15) is 5.75 Å². The molecule has 0 saturated carbocycles. The maximum absolute atomic E-state index is 12.3. The van der Waals surface area contributed by atoms with Crippen molar-refractivity contribution in [2.45, 2.75) is 19.1 Å². The van der Waals surface area contributed by atoms with Crippen LogP contribution in [0.15, 0.2) is 41.3 Å². The number of anilines is 1. The molecule has 8 nitrogen and oxygen atoms in total. The Morgan fingerprint density at radius 1 is 1.25 bits per heavy atom. The number of carbonyl (C=O) groups is 2. The Kier molecular flexibility index (Phi) is 7.94. The maximum Gasteiger partial charge on any atom is 0.339 e. The molecule has 150 valence electrons. The molecular weight excluding hydrogens is 384 g/mol. The molecule has 2 aromatic rings. The molecule has 1 aromatic heterocycles. The Morgan fingerprint density at radius 2 is 2.00 bits per heavy atom. The van der Waals surface area contributed by atoms with Gasteiger partial charge in [0, 0.05) is 28.8 Å². The Labute approximate surface area is 164 Å². The molecule has 0 aliphatic heterocycles. The zero-order valence-corrected chi connectivity index (χ0v) is 16.5. The zero-order chi connectivity index (χ0) is 20.5. The van der Waals surface area contributed by atoms with Gasteiger partial charge in [-0.25, -0.2) is 4.79 Å². The number of esters is 1. The largest absolute Gasteiger partial charge is 0.488 e. The molecule has 0 aliphatic carbocycles. The van der Waals surface area contributed by atoms with E-state index in [1.54, 1.807) is 18.2 Å². The highest BCUT2D eigenvalue weighted by atomic mass is 32.2. The monoisotopic (exact) mass is 406 g/mol. The van der Waals surface area contributed by atoms with Crippen LogP contribution in [0.2, 0.25) is 0 Å². The smallest absolute Gasteiger partial charge is 0.339 e. The van der Waals surface area contributed by atoms with Crippen LogP contribution in [0.5, 0.6) is 5.75 Å². The molecule has 0 spiro atoms. The lowest BCUT2D eigenvalue weighted by Crippen LogP contribution is -2.22. The quantitative estimate of drug-likeness (QED) is 0.614. The number of pyridine rings is 1. The number of rotatable bonds is 9. The third kappa shape index (κ3) is 6.05. The second kappa shape index (κ2) is 10.4. The first-order valence-electron chi connectivity index (χ1n) is 8.61. The van der Waals surface area contributed by atoms with Gasteiger partial charge < -0.3 is 19.8 Å². The molecule has 9 heteroatoms. The molecule has 0 radical (unpaired) electrons. The Hall–Kier alpha value is -2.94. The van der Waals surface area contributed by atoms with Crippen molar-refractivity contribution in [3.05, 3.63) is 58.0 Å². The molecule has 2 N–H and O–H groups in total. The lowest BCUT2D eigenvalue weighted by atomic mass is 10.2. The molecule has 1 aromatic carbocycles. The predicted molar refractivity (Wildman–Crippen MR) is 106 cm³/mol. The van der Waals surface area contributed by atoms with Gasteiger partial charge in [-0.1, -0.05) is 19.1 Å². The number of aromatic nitrogens is 1. The van der Waals surface area contributed by atoms with Crippen LogP contribution in [-0.2, 0) is 26.1 Å². The van der Waals surface area contributed by atoms with Crippen LogP contribution in [0.1, 0.15) is 29.4 Å². The molecule has 0 bridgehead atoms. The SMILES string of the molecule is CCCOc1c[nH]c(CS(=O)CC(=O)Nc2ccccc2C(=O)OC)cc1=O. The summed E-state index contributed by atoms with van der Waals surface area (Å²) < 4.78 is 22.2. The van der Waals surface area contributed by atoms with E-state index in [-0.39, 0.29) is 33.9 Å². The summed E-state index contributed by atoms with van der Waals surface area (Å²) in [5.41, 5.74) is 0.615. The minimum absolute atomic E-state index is 0.00929. The van der Waals surface area contributed by atoms with Gasteiger partial charge in [0.25, 0.3) is 0 Å². The van der Waals surface area contributed by atoms with Gasteiger partial charge in [-0.05, 0) is 18.6 Å². The Bertz CT molecular complexity index is 925. The van der Waals surface area contributed by atoms with E-state index < -0.39 is 22.7 Å². The van der Waals surface area contributed by atoms with Crippen molar-refractivity contribution >= 4 is 28.4 Å². The van der Waals surface area contributed by atoms with Crippen LogP contribution in [0.3, 0.4) is 0 Å². The number of aromatic amines is 1. The van der Waals surface area contributed by atoms with E-state index in [2.05, 4.69) is 15.0 Å². The van der Waals surface area contributed by atoms with E-state index in [9.17, 15) is 18.6 Å². The van der Waals surface area contributed by atoms with E-state index in [4.69, 9.17) is 4.74 Å². The highest BCUT2D eigenvalue weighted by Crippen LogP contribution is 2.16. The number of methoxy groups -OCH3 is 1. The molecule has 1 heterocycles. The van der Waals surface area contributed by atoms with E-state index in [1.807, 2.05) is 6.92 Å². The zero-order valence-electron chi connectivity index (χ0n) is 15.7. The maximum atomic E-state index is 12.3. The molecule has 2 rings (SSSR count). The summed E-state index contributed by atoms with van der Waals surface area (Å²) >= 11 is 0. The first kappa shape index (κ1) is 21.4. The summed E-state index contributed by atoms with van der Waals surface area (Å²) in [5.74, 6) is -1.17. The first-order valence-corrected chi connectivity index (χ1v) is 10.1. The number of benzene rings is 1. The Balaban J connectivity index is 1.97. The van der Waals surface area contributed by atoms with Gasteiger partial charge in [-0.2, -0.15) is 0 Å². The molecule has 0 aliphatic rings. The number of H-pyrrole nitrogens is 1. The van der Waals surface area contributed by atoms with Crippen molar-refractivity contribution in [1.29, 1.82) is 0 Å². The van der Waals surface area contributed by atoms with Crippen LogP contribution >= 0.6 is 0 Å². The number of carbonyl (C=O) groups excluding carboxylic acids is 2. The summed E-state index contributed by atoms with van der Waals surface area (Å²) in [7, 11) is -0.308. The second-order valence-corrected chi connectivity index (χ2v) is 7.31. The van der Waals surface area contributed by atoms with Gasteiger partial charge in [0.2, 0.25) is 11.3 Å². The summed E-state index contributed by atoms with van der Waals surface area (Å²) in [5, 5.41) is 2.56. The Morgan fingerprint density at radius 3 is 2.68 bits per heavy atom. The highest BCUT2D eigenvalue weighted by Gasteiger charge is 2.15. The minimum Gasteiger partial charge on any atom is -0.488 e. The topological polar surface area (TPSA) is 115 Å². The van der Waals surface area contributed by atoms with Crippen LogP contribution in [-0.4, -0.2) is 40.5 Å². The van der Waals surface area contributed by atoms with E-state index >= 15 is 0 Å². The van der Waals surface area contributed by atoms with Crippen LogP contribution in [0.4, 0.5) is 5.69 Å². The van der Waals surface area contributed by atoms with Crippen molar-refractivity contribution in [2.24, 2.45) is 0 Å². The van der Waals surface area contributed by atoms with Crippen LogP contribution < -0.4 is 15.5 Å². The average molecular weight is 406 g/mol. The highest BCUT2D eigenvalue weighted by molar-refractivity contribution is 7.84. The third-order valence-electron chi connectivity index (χ3n) is 3.61. The second-order valence-electron chi connectivity index (χ2n) is 5.85.